The first-order valence-corrected chi connectivity index (χ1v) is 21.7. The van der Waals surface area contributed by atoms with Gasteiger partial charge in [-0.1, -0.05) is 129 Å². The van der Waals surface area contributed by atoms with Crippen molar-refractivity contribution in [3.8, 4) is 0 Å². The minimum atomic E-state index is -1.52. The van der Waals surface area contributed by atoms with Crippen LogP contribution in [0.15, 0.2) is 30.3 Å². The lowest BCUT2D eigenvalue weighted by molar-refractivity contribution is -0.161. The monoisotopic (exact) mass is 820 g/mol. The van der Waals surface area contributed by atoms with Crippen molar-refractivity contribution in [2.45, 2.75) is 194 Å². The van der Waals surface area contributed by atoms with E-state index >= 15 is 0 Å². The molecule has 0 saturated heterocycles. The number of alkyl carbamates (subject to hydrolysis) is 1. The maximum absolute atomic E-state index is 14.0. The van der Waals surface area contributed by atoms with Crippen molar-refractivity contribution in [2.75, 3.05) is 6.61 Å². The first-order valence-electron chi connectivity index (χ1n) is 21.7. The molecular weight excluding hydrogens is 743 g/mol. The van der Waals surface area contributed by atoms with Crippen molar-refractivity contribution in [1.82, 2.24) is 16.0 Å². The van der Waals surface area contributed by atoms with E-state index in [1.165, 1.54) is 51.9 Å². The average Bonchev–Trinajstić information content (AvgIpc) is 3.16. The van der Waals surface area contributed by atoms with Gasteiger partial charge in [-0.25, -0.2) is 9.59 Å². The largest absolute Gasteiger partial charge is 0.460 e. The summed E-state index contributed by atoms with van der Waals surface area (Å²) in [5.74, 6) is -4.10. The number of aliphatic hydroxyl groups excluding tert-OH is 2. The molecule has 0 saturated carbocycles. The molecule has 5 N–H and O–H groups in total. The summed E-state index contributed by atoms with van der Waals surface area (Å²) in [6.07, 6.45) is 10.0. The van der Waals surface area contributed by atoms with Crippen LogP contribution in [0.1, 0.15) is 151 Å². The van der Waals surface area contributed by atoms with E-state index in [4.69, 9.17) is 14.2 Å². The third kappa shape index (κ3) is 21.5. The number of rotatable bonds is 30. The van der Waals surface area contributed by atoms with Gasteiger partial charge < -0.3 is 45.2 Å². The van der Waals surface area contributed by atoms with Gasteiger partial charge in [-0.2, -0.15) is 0 Å². The number of hydrogen-bond acceptors (Lipinski definition) is 10. The zero-order chi connectivity index (χ0) is 43.7. The molecule has 8 atom stereocenters. The van der Waals surface area contributed by atoms with Crippen LogP contribution in [-0.2, 0) is 40.0 Å². The number of nitrogens with one attached hydrogen (secondary N) is 3. The molecule has 0 aliphatic heterocycles. The molecule has 0 radical (unpaired) electrons. The summed E-state index contributed by atoms with van der Waals surface area (Å²) in [6.45, 7) is 15.4. The zero-order valence-corrected chi connectivity index (χ0v) is 36.9. The van der Waals surface area contributed by atoms with E-state index < -0.39 is 83.7 Å². The first-order chi connectivity index (χ1) is 27.4. The highest BCUT2D eigenvalue weighted by atomic mass is 16.6. The van der Waals surface area contributed by atoms with E-state index in [0.29, 0.717) is 12.8 Å². The van der Waals surface area contributed by atoms with Crippen LogP contribution >= 0.6 is 0 Å². The molecule has 1 aromatic rings. The van der Waals surface area contributed by atoms with E-state index in [2.05, 4.69) is 22.9 Å². The lowest BCUT2D eigenvalue weighted by atomic mass is 9.85. The summed E-state index contributed by atoms with van der Waals surface area (Å²) < 4.78 is 17.3. The lowest BCUT2D eigenvalue weighted by Gasteiger charge is -2.32. The van der Waals surface area contributed by atoms with Gasteiger partial charge >= 0.3 is 12.1 Å². The second-order valence-electron chi connectivity index (χ2n) is 17.0. The highest BCUT2D eigenvalue weighted by Crippen LogP contribution is 2.25. The van der Waals surface area contributed by atoms with Crippen LogP contribution in [0.25, 0.3) is 0 Å². The molecule has 0 aliphatic carbocycles. The Balaban J connectivity index is 3.21. The fraction of sp³-hybridized carbons (Fsp3) is 0.756. The molecule has 3 amide bonds. The number of carbonyl (C=O) groups excluding carboxylic acids is 5. The molecule has 0 aliphatic rings. The average molecular weight is 820 g/mol. The number of aldehydes is 1. The van der Waals surface area contributed by atoms with E-state index in [1.54, 1.807) is 41.5 Å². The zero-order valence-electron chi connectivity index (χ0n) is 36.9. The van der Waals surface area contributed by atoms with Gasteiger partial charge in [0.25, 0.3) is 0 Å². The summed E-state index contributed by atoms with van der Waals surface area (Å²) in [7, 11) is 0. The van der Waals surface area contributed by atoms with Crippen LogP contribution in [0.5, 0.6) is 0 Å². The molecule has 0 fully saturated rings. The molecule has 0 unspecified atom stereocenters. The summed E-state index contributed by atoms with van der Waals surface area (Å²) in [4.78, 5) is 65.7. The van der Waals surface area contributed by atoms with Gasteiger partial charge in [-0.3, -0.25) is 9.59 Å². The Morgan fingerprint density at radius 1 is 0.759 bits per heavy atom. The van der Waals surface area contributed by atoms with Crippen LogP contribution in [0.4, 0.5) is 4.79 Å². The molecule has 0 bridgehead atoms. The smallest absolute Gasteiger partial charge is 0.408 e. The van der Waals surface area contributed by atoms with Crippen LogP contribution in [0, 0.1) is 17.8 Å². The van der Waals surface area contributed by atoms with Crippen LogP contribution in [-0.4, -0.2) is 89.0 Å². The van der Waals surface area contributed by atoms with Crippen molar-refractivity contribution in [2.24, 2.45) is 17.8 Å². The number of hydrogen-bond donors (Lipinski definition) is 5. The molecule has 332 valence electrons. The molecule has 13 nitrogen and oxygen atoms in total. The Morgan fingerprint density at radius 3 is 1.81 bits per heavy atom. The topological polar surface area (TPSA) is 190 Å². The Bertz CT molecular complexity index is 1320. The highest BCUT2D eigenvalue weighted by molar-refractivity contribution is 5.93. The summed E-state index contributed by atoms with van der Waals surface area (Å²) in [6, 6.07) is 5.26. The maximum atomic E-state index is 14.0. The number of unbranched alkanes of at least 4 members (excludes halogenated alkanes) is 10. The summed E-state index contributed by atoms with van der Waals surface area (Å²) >= 11 is 0. The molecule has 1 rings (SSSR count). The molecule has 13 heteroatoms. The number of carbonyl (C=O) groups is 5. The van der Waals surface area contributed by atoms with E-state index in [-0.39, 0.29) is 13.2 Å². The van der Waals surface area contributed by atoms with E-state index in [9.17, 15) is 34.2 Å². The fourth-order valence-electron chi connectivity index (χ4n) is 6.62. The first kappa shape index (κ1) is 52.5. The van der Waals surface area contributed by atoms with Gasteiger partial charge in [-0.15, -0.1) is 0 Å². The van der Waals surface area contributed by atoms with Gasteiger partial charge in [0.05, 0.1) is 25.4 Å². The second-order valence-corrected chi connectivity index (χ2v) is 17.0. The van der Waals surface area contributed by atoms with Gasteiger partial charge in [0.2, 0.25) is 11.8 Å². The minimum Gasteiger partial charge on any atom is -0.460 e. The van der Waals surface area contributed by atoms with E-state index in [0.717, 1.165) is 37.5 Å². The van der Waals surface area contributed by atoms with Crippen LogP contribution in [0.3, 0.4) is 0 Å². The maximum Gasteiger partial charge on any atom is 0.408 e. The number of aliphatic hydroxyl groups is 2. The molecule has 58 heavy (non-hydrogen) atoms. The molecule has 0 aromatic heterocycles. The summed E-state index contributed by atoms with van der Waals surface area (Å²) in [5, 5.41) is 29.5. The Kier molecular flexibility index (Phi) is 26.1. The normalized spacial score (nSPS) is 15.9. The SMILES string of the molecule is CCCCCCCCCCCCC[C@@H](OC(=O)[C@H](COCc1ccccc1)NC(=O)[C@@H](NC(=O)[C@@H](NC(=O)OC(C)(C)C)C(C)C)[C@@H](C)O)[C@H](C)[C@@H](O)[C@H](C=O)CC. The predicted molar refractivity (Wildman–Crippen MR) is 226 cm³/mol. The summed E-state index contributed by atoms with van der Waals surface area (Å²) in [5.41, 5.74) is 0.0162. The molecule has 0 spiro atoms. The van der Waals surface area contributed by atoms with Crippen molar-refractivity contribution in [3.63, 3.8) is 0 Å². The molecule has 1 aromatic carbocycles. The highest BCUT2D eigenvalue weighted by Gasteiger charge is 2.37. The number of esters is 1. The van der Waals surface area contributed by atoms with Gasteiger partial charge in [0.1, 0.15) is 30.1 Å². The third-order valence-electron chi connectivity index (χ3n) is 10.3. The van der Waals surface area contributed by atoms with Crippen LogP contribution < -0.4 is 16.0 Å². The number of benzene rings is 1. The number of ether oxygens (including phenoxy) is 3. The van der Waals surface area contributed by atoms with Crippen molar-refractivity contribution >= 4 is 30.2 Å². The van der Waals surface area contributed by atoms with E-state index in [1.807, 2.05) is 37.3 Å². The Labute approximate surface area is 348 Å². The quantitative estimate of drug-likeness (QED) is 0.0309. The third-order valence-corrected chi connectivity index (χ3v) is 10.3. The minimum absolute atomic E-state index is 0.123. The standard InChI is InChI=1S/C45H77N3O10/c1-10-12-13-14-15-16-17-18-19-20-24-27-37(32(5)40(51)35(11-2)28-49)57-43(54)36(30-56-29-34-25-22-21-23-26-34)46-42(53)39(33(6)50)47-41(52)38(31(3)4)48-44(55)58-45(7,8)9/h21-23,25-26,28,31-33,35-40,50-51H,10-20,24,27,29-30H2,1-9H3,(H,46,53)(H,47,52)(H,48,55)/t32-,33+,35-,36-,37+,38-,39-,40+/m0/s1. The predicted octanol–water partition coefficient (Wildman–Crippen LogP) is 6.94. The number of amides is 3. The molecular formula is C45H77N3O10. The molecule has 0 heterocycles. The lowest BCUT2D eigenvalue weighted by Crippen LogP contribution is -2.60. The van der Waals surface area contributed by atoms with Crippen molar-refractivity contribution in [1.29, 1.82) is 0 Å². The van der Waals surface area contributed by atoms with Crippen molar-refractivity contribution < 1.29 is 48.4 Å². The van der Waals surface area contributed by atoms with Crippen molar-refractivity contribution in [3.05, 3.63) is 35.9 Å². The van der Waals surface area contributed by atoms with Gasteiger partial charge in [0, 0.05) is 11.8 Å². The fourth-order valence-corrected chi connectivity index (χ4v) is 6.62. The Hall–Kier alpha value is -3.55. The van der Waals surface area contributed by atoms with Gasteiger partial charge in [-0.05, 0) is 58.4 Å². The Morgan fingerprint density at radius 2 is 1.31 bits per heavy atom. The van der Waals surface area contributed by atoms with Crippen LogP contribution in [0.2, 0.25) is 0 Å². The van der Waals surface area contributed by atoms with Gasteiger partial charge in [0.15, 0.2) is 6.04 Å². The second kappa shape index (κ2) is 28.8.